The van der Waals surface area contributed by atoms with Gasteiger partial charge in [-0.3, -0.25) is 9.59 Å². The molecule has 0 saturated carbocycles. The lowest BCUT2D eigenvalue weighted by atomic mass is 9.99. The Morgan fingerprint density at radius 3 is 1.47 bits per heavy atom. The molecule has 4 N–H and O–H groups in total. The molecule has 59 heavy (non-hydrogen) atoms. The molecule has 2 unspecified atom stereocenters. The quantitative estimate of drug-likeness (QED) is 0.0267. The van der Waals surface area contributed by atoms with Crippen molar-refractivity contribution in [3.8, 4) is 0 Å². The Kier molecular flexibility index (Phi) is 37.3. The molecule has 0 bridgehead atoms. The second-order valence-electron chi connectivity index (χ2n) is 16.6. The van der Waals surface area contributed by atoms with Crippen LogP contribution in [0.15, 0.2) is 36.5 Å². The first kappa shape index (κ1) is 54.9. The summed E-state index contributed by atoms with van der Waals surface area (Å²) in [6.07, 6.45) is 38.6. The van der Waals surface area contributed by atoms with E-state index < -0.39 is 49.4 Å². The van der Waals surface area contributed by atoms with Crippen LogP contribution < -0.4 is 0 Å². The fraction of sp³-hybridized carbons (Fsp3) is 0.837. The standard InChI is InChI=1S/C49H88O10/c1-3-5-7-9-11-13-15-17-19-20-21-22-24-26-28-30-32-34-36-38-45(52)58-42(41-57-49-48(55)47(54)46(53)43(39-50)59-49)40-56-44(51)37-35-33-31-29-27-25-23-18-16-14-12-10-8-6-4-2/h10-13,17,19,42-43,46-50,53-55H,3-9,14-16,18,20-41H2,1-2H3/b12-10+,13-11+,19-17+/t42-,43-,46+,47?,48?,49-/m1/s1. The van der Waals surface area contributed by atoms with E-state index in [1.165, 1.54) is 116 Å². The van der Waals surface area contributed by atoms with Gasteiger partial charge < -0.3 is 39.4 Å². The lowest BCUT2D eigenvalue weighted by Gasteiger charge is -2.39. The zero-order valence-electron chi connectivity index (χ0n) is 37.5. The summed E-state index contributed by atoms with van der Waals surface area (Å²) in [5, 5.41) is 40.1. The van der Waals surface area contributed by atoms with Crippen molar-refractivity contribution in [2.45, 2.75) is 243 Å². The Morgan fingerprint density at radius 1 is 0.525 bits per heavy atom. The molecule has 1 heterocycles. The van der Waals surface area contributed by atoms with Gasteiger partial charge in [0, 0.05) is 12.8 Å². The van der Waals surface area contributed by atoms with Crippen LogP contribution in [0.3, 0.4) is 0 Å². The van der Waals surface area contributed by atoms with Crippen molar-refractivity contribution >= 4 is 11.9 Å². The summed E-state index contributed by atoms with van der Waals surface area (Å²) < 4.78 is 22.2. The molecule has 10 nitrogen and oxygen atoms in total. The van der Waals surface area contributed by atoms with Crippen molar-refractivity contribution in [1.82, 2.24) is 0 Å². The van der Waals surface area contributed by atoms with Gasteiger partial charge in [-0.2, -0.15) is 0 Å². The van der Waals surface area contributed by atoms with Crippen LogP contribution in [0.1, 0.15) is 206 Å². The van der Waals surface area contributed by atoms with Crippen LogP contribution in [0.2, 0.25) is 0 Å². The fourth-order valence-electron chi connectivity index (χ4n) is 7.14. The summed E-state index contributed by atoms with van der Waals surface area (Å²) in [7, 11) is 0. The Labute approximate surface area is 359 Å². The van der Waals surface area contributed by atoms with Gasteiger partial charge in [0.05, 0.1) is 13.2 Å². The number of carbonyl (C=O) groups excluding carboxylic acids is 2. The number of ether oxygens (including phenoxy) is 4. The van der Waals surface area contributed by atoms with E-state index in [-0.39, 0.29) is 32.0 Å². The minimum Gasteiger partial charge on any atom is -0.462 e. The number of aliphatic hydroxyl groups is 4. The van der Waals surface area contributed by atoms with E-state index in [9.17, 15) is 30.0 Å². The van der Waals surface area contributed by atoms with Gasteiger partial charge in [0.1, 0.15) is 31.0 Å². The van der Waals surface area contributed by atoms with Crippen molar-refractivity contribution in [3.05, 3.63) is 36.5 Å². The van der Waals surface area contributed by atoms with E-state index in [1.807, 2.05) is 0 Å². The van der Waals surface area contributed by atoms with Crippen LogP contribution in [-0.4, -0.2) is 89.0 Å². The molecule has 6 atom stereocenters. The summed E-state index contributed by atoms with van der Waals surface area (Å²) in [5.41, 5.74) is 0. The van der Waals surface area contributed by atoms with Gasteiger partial charge in [-0.25, -0.2) is 0 Å². The number of unbranched alkanes of at least 4 members (excludes halogenated alkanes) is 23. The first-order valence-electron chi connectivity index (χ1n) is 24.1. The topological polar surface area (TPSA) is 152 Å². The van der Waals surface area contributed by atoms with Crippen LogP contribution in [0.25, 0.3) is 0 Å². The van der Waals surface area contributed by atoms with E-state index in [1.54, 1.807) is 0 Å². The smallest absolute Gasteiger partial charge is 0.306 e. The van der Waals surface area contributed by atoms with Crippen molar-refractivity contribution in [2.24, 2.45) is 0 Å². The summed E-state index contributed by atoms with van der Waals surface area (Å²) in [4.78, 5) is 25.4. The maximum atomic E-state index is 12.8. The van der Waals surface area contributed by atoms with Crippen LogP contribution in [-0.2, 0) is 28.5 Å². The molecule has 10 heteroatoms. The lowest BCUT2D eigenvalue weighted by Crippen LogP contribution is -2.59. The SMILES string of the molecule is CCCC/C=C/CCCCCCCCCCCC(=O)OC[C@H](CO[C@@H]1O[C@H](CO)[C@H](O)C(O)C1O)OC(=O)CCCCCCCCCCC/C=C/C/C=C/CCCCC. The van der Waals surface area contributed by atoms with Gasteiger partial charge in [-0.15, -0.1) is 0 Å². The first-order valence-corrected chi connectivity index (χ1v) is 24.1. The normalized spacial score (nSPS) is 20.3. The highest BCUT2D eigenvalue weighted by Crippen LogP contribution is 2.23. The second-order valence-corrected chi connectivity index (χ2v) is 16.6. The summed E-state index contributed by atoms with van der Waals surface area (Å²) in [5.74, 6) is -0.810. The van der Waals surface area contributed by atoms with Gasteiger partial charge >= 0.3 is 11.9 Å². The minimum atomic E-state index is -1.60. The molecule has 1 saturated heterocycles. The highest BCUT2D eigenvalue weighted by atomic mass is 16.7. The predicted molar refractivity (Wildman–Crippen MR) is 238 cm³/mol. The number of hydrogen-bond donors (Lipinski definition) is 4. The number of allylic oxidation sites excluding steroid dienone is 6. The molecule has 344 valence electrons. The first-order chi connectivity index (χ1) is 28.8. The molecule has 1 fully saturated rings. The van der Waals surface area contributed by atoms with E-state index in [0.29, 0.717) is 6.42 Å². The average molecular weight is 837 g/mol. The van der Waals surface area contributed by atoms with Gasteiger partial charge in [0.15, 0.2) is 12.4 Å². The van der Waals surface area contributed by atoms with Gasteiger partial charge in [-0.1, -0.05) is 166 Å². The molecule has 0 spiro atoms. The lowest BCUT2D eigenvalue weighted by molar-refractivity contribution is -0.305. The minimum absolute atomic E-state index is 0.219. The Morgan fingerprint density at radius 2 is 0.966 bits per heavy atom. The third kappa shape index (κ3) is 31.4. The molecular formula is C49H88O10. The summed E-state index contributed by atoms with van der Waals surface area (Å²) >= 11 is 0. The summed E-state index contributed by atoms with van der Waals surface area (Å²) in [6, 6.07) is 0. The van der Waals surface area contributed by atoms with Gasteiger partial charge in [0.25, 0.3) is 0 Å². The number of rotatable bonds is 40. The third-order valence-electron chi connectivity index (χ3n) is 11.0. The molecule has 0 radical (unpaired) electrons. The molecule has 1 rings (SSSR count). The maximum absolute atomic E-state index is 12.8. The summed E-state index contributed by atoms with van der Waals surface area (Å²) in [6.45, 7) is 3.38. The zero-order valence-corrected chi connectivity index (χ0v) is 37.5. The molecule has 1 aliphatic rings. The zero-order chi connectivity index (χ0) is 43.0. The van der Waals surface area contributed by atoms with E-state index in [2.05, 4.69) is 50.3 Å². The van der Waals surface area contributed by atoms with E-state index in [0.717, 1.165) is 57.8 Å². The predicted octanol–water partition coefficient (Wildman–Crippen LogP) is 10.7. The molecule has 0 aromatic carbocycles. The van der Waals surface area contributed by atoms with Crippen LogP contribution in [0, 0.1) is 0 Å². The van der Waals surface area contributed by atoms with Crippen LogP contribution >= 0.6 is 0 Å². The van der Waals surface area contributed by atoms with E-state index >= 15 is 0 Å². The number of hydrogen-bond acceptors (Lipinski definition) is 10. The number of carbonyl (C=O) groups is 2. The largest absolute Gasteiger partial charge is 0.462 e. The van der Waals surface area contributed by atoms with Crippen molar-refractivity contribution < 1.29 is 49.0 Å². The highest BCUT2D eigenvalue weighted by molar-refractivity contribution is 5.70. The maximum Gasteiger partial charge on any atom is 0.306 e. The second kappa shape index (κ2) is 40.0. The average Bonchev–Trinajstić information content (AvgIpc) is 3.23. The number of esters is 2. The van der Waals surface area contributed by atoms with Crippen LogP contribution in [0.5, 0.6) is 0 Å². The monoisotopic (exact) mass is 837 g/mol. The third-order valence-corrected chi connectivity index (χ3v) is 11.0. The van der Waals surface area contributed by atoms with E-state index in [4.69, 9.17) is 18.9 Å². The molecular weight excluding hydrogens is 749 g/mol. The molecule has 0 aromatic heterocycles. The van der Waals surface area contributed by atoms with Gasteiger partial charge in [-0.05, 0) is 64.2 Å². The molecule has 0 aliphatic carbocycles. The van der Waals surface area contributed by atoms with Crippen molar-refractivity contribution in [1.29, 1.82) is 0 Å². The molecule has 0 aromatic rings. The van der Waals surface area contributed by atoms with Crippen molar-refractivity contribution in [2.75, 3.05) is 19.8 Å². The Hall–Kier alpha value is -2.08. The fourth-order valence-corrected chi connectivity index (χ4v) is 7.14. The van der Waals surface area contributed by atoms with Crippen LogP contribution in [0.4, 0.5) is 0 Å². The van der Waals surface area contributed by atoms with Crippen molar-refractivity contribution in [3.63, 3.8) is 0 Å². The number of aliphatic hydroxyl groups excluding tert-OH is 4. The Balaban J connectivity index is 2.29. The molecule has 1 aliphatic heterocycles. The van der Waals surface area contributed by atoms with Gasteiger partial charge in [0.2, 0.25) is 0 Å². The Bertz CT molecular complexity index is 1060. The highest BCUT2D eigenvalue weighted by Gasteiger charge is 2.44. The molecule has 0 amide bonds.